The van der Waals surface area contributed by atoms with Crippen LogP contribution >= 0.6 is 0 Å². The monoisotopic (exact) mass is 161 g/mol. The zero-order chi connectivity index (χ0) is 8.39. The zero-order valence-electron chi connectivity index (χ0n) is 7.08. The first-order valence-corrected chi connectivity index (χ1v) is 4.09. The fourth-order valence-electron chi connectivity index (χ4n) is 1.21. The summed E-state index contributed by atoms with van der Waals surface area (Å²) < 4.78 is 5.02. The highest BCUT2D eigenvalue weighted by Crippen LogP contribution is 2.27. The van der Waals surface area contributed by atoms with Crippen molar-refractivity contribution in [2.45, 2.75) is 12.8 Å². The number of rotatable bonds is 2. The molecule has 2 heteroatoms. The zero-order valence-corrected chi connectivity index (χ0v) is 7.08. The number of ether oxygens (including phenoxy) is 1. The van der Waals surface area contributed by atoms with Crippen LogP contribution in [0.5, 0.6) is 5.75 Å². The maximum absolute atomic E-state index is 5.02. The number of hydrogen-bond acceptors (Lipinski definition) is 2. The van der Waals surface area contributed by atoms with Crippen molar-refractivity contribution in [3.63, 3.8) is 0 Å². The summed E-state index contributed by atoms with van der Waals surface area (Å²) in [7, 11) is 1.65. The summed E-state index contributed by atoms with van der Waals surface area (Å²) >= 11 is 0. The molecule has 2 rings (SSSR count). The number of hydrogen-bond donors (Lipinski definition) is 0. The van der Waals surface area contributed by atoms with E-state index in [2.05, 4.69) is 11.1 Å². The topological polar surface area (TPSA) is 22.1 Å². The van der Waals surface area contributed by atoms with Gasteiger partial charge < -0.3 is 4.74 Å². The Morgan fingerprint density at radius 1 is 1.42 bits per heavy atom. The summed E-state index contributed by atoms with van der Waals surface area (Å²) in [6.45, 7) is 0. The first-order valence-electron chi connectivity index (χ1n) is 4.09. The molecule has 0 radical (unpaired) electrons. The molecule has 0 amide bonds. The van der Waals surface area contributed by atoms with Crippen molar-refractivity contribution in [2.75, 3.05) is 7.11 Å². The Labute approximate surface area is 71.9 Å². The van der Waals surface area contributed by atoms with Gasteiger partial charge in [-0.15, -0.1) is 0 Å². The van der Waals surface area contributed by atoms with Gasteiger partial charge in [0.15, 0.2) is 0 Å². The van der Waals surface area contributed by atoms with Crippen LogP contribution in [0.4, 0.5) is 0 Å². The average Bonchev–Trinajstić information content (AvgIpc) is 2.03. The van der Waals surface area contributed by atoms with Gasteiger partial charge in [-0.3, -0.25) is 4.98 Å². The molecular formula is C10H11NO. The summed E-state index contributed by atoms with van der Waals surface area (Å²) in [5.41, 5.74) is 2.44. The Hall–Kier alpha value is -1.31. The van der Waals surface area contributed by atoms with Gasteiger partial charge in [0.25, 0.3) is 0 Å². The van der Waals surface area contributed by atoms with E-state index in [0.717, 1.165) is 11.4 Å². The molecule has 2 nitrogen and oxygen atoms in total. The van der Waals surface area contributed by atoms with Crippen molar-refractivity contribution in [1.82, 2.24) is 4.98 Å². The van der Waals surface area contributed by atoms with Gasteiger partial charge in [0.05, 0.1) is 19.0 Å². The van der Waals surface area contributed by atoms with Crippen LogP contribution in [0.2, 0.25) is 0 Å². The first-order chi connectivity index (χ1) is 5.90. The maximum Gasteiger partial charge on any atom is 0.137 e. The van der Waals surface area contributed by atoms with Gasteiger partial charge in [0.2, 0.25) is 0 Å². The Bertz CT molecular complexity index is 300. The quantitative estimate of drug-likeness (QED) is 0.663. The number of methoxy groups -OCH3 is 1. The predicted molar refractivity (Wildman–Crippen MR) is 48.0 cm³/mol. The molecule has 0 fully saturated rings. The molecule has 0 saturated heterocycles. The predicted octanol–water partition coefficient (Wildman–Crippen LogP) is 2.27. The second kappa shape index (κ2) is 2.97. The fourth-order valence-corrected chi connectivity index (χ4v) is 1.21. The van der Waals surface area contributed by atoms with Crippen LogP contribution in [0.3, 0.4) is 0 Å². The molecule has 1 aliphatic carbocycles. The number of allylic oxidation sites excluding steroid dienone is 2. The van der Waals surface area contributed by atoms with E-state index in [9.17, 15) is 0 Å². The Kier molecular flexibility index (Phi) is 1.82. The van der Waals surface area contributed by atoms with Crippen molar-refractivity contribution in [3.05, 3.63) is 30.1 Å². The smallest absolute Gasteiger partial charge is 0.137 e. The number of pyridine rings is 1. The van der Waals surface area contributed by atoms with Gasteiger partial charge in [-0.25, -0.2) is 0 Å². The minimum absolute atomic E-state index is 0.818. The standard InChI is InChI=1S/C10H11NO/c1-12-9-5-6-10(11-7-9)8-3-2-4-8/h3,5-7H,2,4H2,1H3. The molecule has 0 aliphatic heterocycles. The van der Waals surface area contributed by atoms with Crippen LogP contribution in [0, 0.1) is 0 Å². The molecule has 0 bridgehead atoms. The third-order valence-corrected chi connectivity index (χ3v) is 2.11. The van der Waals surface area contributed by atoms with Crippen molar-refractivity contribution in [2.24, 2.45) is 0 Å². The van der Waals surface area contributed by atoms with Gasteiger partial charge in [-0.1, -0.05) is 6.08 Å². The second-order valence-corrected chi connectivity index (χ2v) is 2.85. The van der Waals surface area contributed by atoms with E-state index in [4.69, 9.17) is 4.74 Å². The molecule has 1 aliphatic rings. The van der Waals surface area contributed by atoms with Gasteiger partial charge in [0, 0.05) is 0 Å². The molecule has 62 valence electrons. The van der Waals surface area contributed by atoms with E-state index in [0.29, 0.717) is 0 Å². The van der Waals surface area contributed by atoms with Gasteiger partial charge in [-0.2, -0.15) is 0 Å². The summed E-state index contributed by atoms with van der Waals surface area (Å²) in [5, 5.41) is 0. The van der Waals surface area contributed by atoms with Crippen molar-refractivity contribution < 1.29 is 4.74 Å². The summed E-state index contributed by atoms with van der Waals surface area (Å²) in [6.07, 6.45) is 6.34. The van der Waals surface area contributed by atoms with Crippen LogP contribution in [0.15, 0.2) is 24.4 Å². The fraction of sp³-hybridized carbons (Fsp3) is 0.300. The van der Waals surface area contributed by atoms with Gasteiger partial charge in [0.1, 0.15) is 5.75 Å². The van der Waals surface area contributed by atoms with Crippen molar-refractivity contribution in [3.8, 4) is 5.75 Å². The first kappa shape index (κ1) is 7.35. The maximum atomic E-state index is 5.02. The van der Waals surface area contributed by atoms with E-state index < -0.39 is 0 Å². The molecule has 0 N–H and O–H groups in total. The summed E-state index contributed by atoms with van der Waals surface area (Å²) in [6, 6.07) is 3.95. The normalized spacial score (nSPS) is 14.9. The highest BCUT2D eigenvalue weighted by Gasteiger charge is 2.08. The van der Waals surface area contributed by atoms with Crippen molar-refractivity contribution in [1.29, 1.82) is 0 Å². The molecule has 0 atom stereocenters. The molecule has 0 saturated carbocycles. The lowest BCUT2D eigenvalue weighted by atomic mass is 9.96. The lowest BCUT2D eigenvalue weighted by molar-refractivity contribution is 0.413. The largest absolute Gasteiger partial charge is 0.495 e. The Balaban J connectivity index is 2.24. The lowest BCUT2D eigenvalue weighted by Gasteiger charge is -2.13. The summed E-state index contributed by atoms with van der Waals surface area (Å²) in [5.74, 6) is 0.818. The van der Waals surface area contributed by atoms with E-state index in [-0.39, 0.29) is 0 Å². The minimum Gasteiger partial charge on any atom is -0.495 e. The number of aromatic nitrogens is 1. The minimum atomic E-state index is 0.818. The molecule has 0 aromatic carbocycles. The third-order valence-electron chi connectivity index (χ3n) is 2.11. The van der Waals surface area contributed by atoms with Crippen LogP contribution < -0.4 is 4.74 Å². The molecule has 1 heterocycles. The Morgan fingerprint density at radius 2 is 2.25 bits per heavy atom. The van der Waals surface area contributed by atoms with E-state index in [1.807, 2.05) is 12.1 Å². The molecule has 0 unspecified atom stereocenters. The molecular weight excluding hydrogens is 150 g/mol. The number of nitrogens with zero attached hydrogens (tertiary/aromatic N) is 1. The summed E-state index contributed by atoms with van der Waals surface area (Å²) in [4.78, 5) is 4.28. The van der Waals surface area contributed by atoms with E-state index in [1.54, 1.807) is 13.3 Å². The average molecular weight is 161 g/mol. The lowest BCUT2D eigenvalue weighted by Crippen LogP contribution is -1.96. The SMILES string of the molecule is COc1ccc(C2=CCC2)nc1. The van der Waals surface area contributed by atoms with Crippen LogP contribution in [0.25, 0.3) is 5.57 Å². The van der Waals surface area contributed by atoms with Crippen LogP contribution in [0.1, 0.15) is 18.5 Å². The third kappa shape index (κ3) is 1.20. The molecule has 1 aromatic rings. The van der Waals surface area contributed by atoms with Crippen molar-refractivity contribution >= 4 is 5.57 Å². The molecule has 12 heavy (non-hydrogen) atoms. The Morgan fingerprint density at radius 3 is 2.67 bits per heavy atom. The molecule has 1 aromatic heterocycles. The highest BCUT2D eigenvalue weighted by molar-refractivity contribution is 5.67. The van der Waals surface area contributed by atoms with Gasteiger partial charge >= 0.3 is 0 Å². The van der Waals surface area contributed by atoms with E-state index >= 15 is 0 Å². The van der Waals surface area contributed by atoms with Gasteiger partial charge in [-0.05, 0) is 30.5 Å². The highest BCUT2D eigenvalue weighted by atomic mass is 16.5. The molecule has 0 spiro atoms. The van der Waals surface area contributed by atoms with Crippen LogP contribution in [-0.2, 0) is 0 Å². The van der Waals surface area contributed by atoms with Crippen LogP contribution in [-0.4, -0.2) is 12.1 Å². The van der Waals surface area contributed by atoms with E-state index in [1.165, 1.54) is 18.4 Å². The second-order valence-electron chi connectivity index (χ2n) is 2.85.